The number of rotatable bonds is 3. The van der Waals surface area contributed by atoms with Crippen molar-refractivity contribution in [2.45, 2.75) is 51.1 Å². The third kappa shape index (κ3) is 1.94. The minimum Gasteiger partial charge on any atom is -0.312 e. The van der Waals surface area contributed by atoms with Gasteiger partial charge in [-0.2, -0.15) is 0 Å². The standard InChI is InChI=1S/C13H24N2/c1-9-5-11(6-9)14-8-13-12-4-2-3-10(12)7-15-13/h9-15H,2-8H2,1H3. The first-order valence-electron chi connectivity index (χ1n) is 6.79. The molecule has 0 aromatic rings. The van der Waals surface area contributed by atoms with Gasteiger partial charge in [-0.3, -0.25) is 0 Å². The molecule has 1 aliphatic heterocycles. The zero-order valence-electron chi connectivity index (χ0n) is 9.84. The fraction of sp³-hybridized carbons (Fsp3) is 1.00. The van der Waals surface area contributed by atoms with E-state index >= 15 is 0 Å². The Bertz CT molecular complexity index is 223. The van der Waals surface area contributed by atoms with E-state index in [9.17, 15) is 0 Å². The maximum Gasteiger partial charge on any atom is 0.0224 e. The van der Waals surface area contributed by atoms with Crippen molar-refractivity contribution in [2.24, 2.45) is 17.8 Å². The smallest absolute Gasteiger partial charge is 0.0224 e. The van der Waals surface area contributed by atoms with Gasteiger partial charge in [-0.15, -0.1) is 0 Å². The Hall–Kier alpha value is -0.0800. The second-order valence-electron chi connectivity index (χ2n) is 6.05. The summed E-state index contributed by atoms with van der Waals surface area (Å²) < 4.78 is 0. The number of hydrogen-bond donors (Lipinski definition) is 2. The summed E-state index contributed by atoms with van der Waals surface area (Å²) in [6.07, 6.45) is 7.25. The fourth-order valence-electron chi connectivity index (χ4n) is 3.89. The quantitative estimate of drug-likeness (QED) is 0.738. The van der Waals surface area contributed by atoms with E-state index in [1.54, 1.807) is 0 Å². The number of nitrogens with one attached hydrogen (secondary N) is 2. The van der Waals surface area contributed by atoms with Crippen LogP contribution in [-0.2, 0) is 0 Å². The molecule has 3 unspecified atom stereocenters. The van der Waals surface area contributed by atoms with Crippen LogP contribution in [0.4, 0.5) is 0 Å². The summed E-state index contributed by atoms with van der Waals surface area (Å²) in [7, 11) is 0. The van der Waals surface area contributed by atoms with Gasteiger partial charge in [-0.05, 0) is 50.0 Å². The number of fused-ring (bicyclic) bond motifs is 1. The highest BCUT2D eigenvalue weighted by atomic mass is 15.0. The average Bonchev–Trinajstić information content (AvgIpc) is 2.73. The van der Waals surface area contributed by atoms with E-state index in [0.29, 0.717) is 0 Å². The highest BCUT2D eigenvalue weighted by Gasteiger charge is 2.39. The Morgan fingerprint density at radius 3 is 2.93 bits per heavy atom. The molecule has 0 bridgehead atoms. The zero-order valence-corrected chi connectivity index (χ0v) is 9.84. The normalized spacial score (nSPS) is 49.0. The third-order valence-electron chi connectivity index (χ3n) is 4.88. The Morgan fingerprint density at radius 1 is 1.27 bits per heavy atom. The molecule has 1 saturated heterocycles. The molecule has 2 nitrogen and oxygen atoms in total. The van der Waals surface area contributed by atoms with Crippen LogP contribution in [0.3, 0.4) is 0 Å². The van der Waals surface area contributed by atoms with Crippen molar-refractivity contribution in [2.75, 3.05) is 13.1 Å². The van der Waals surface area contributed by atoms with Crippen LogP contribution in [0.5, 0.6) is 0 Å². The van der Waals surface area contributed by atoms with Crippen LogP contribution in [0.15, 0.2) is 0 Å². The molecule has 3 aliphatic rings. The largest absolute Gasteiger partial charge is 0.312 e. The molecule has 0 aromatic carbocycles. The van der Waals surface area contributed by atoms with Gasteiger partial charge >= 0.3 is 0 Å². The van der Waals surface area contributed by atoms with Crippen molar-refractivity contribution >= 4 is 0 Å². The molecule has 0 radical (unpaired) electrons. The molecular formula is C13H24N2. The summed E-state index contributed by atoms with van der Waals surface area (Å²) in [4.78, 5) is 0. The van der Waals surface area contributed by atoms with Gasteiger partial charge in [-0.1, -0.05) is 13.3 Å². The first-order chi connectivity index (χ1) is 7.33. The molecule has 3 rings (SSSR count). The van der Waals surface area contributed by atoms with Crippen LogP contribution < -0.4 is 10.6 Å². The van der Waals surface area contributed by atoms with Crippen molar-refractivity contribution in [3.63, 3.8) is 0 Å². The predicted molar refractivity (Wildman–Crippen MR) is 62.8 cm³/mol. The van der Waals surface area contributed by atoms with Gasteiger partial charge in [0.05, 0.1) is 0 Å². The van der Waals surface area contributed by atoms with E-state index in [1.807, 2.05) is 0 Å². The second-order valence-corrected chi connectivity index (χ2v) is 6.05. The molecule has 2 saturated carbocycles. The molecule has 0 amide bonds. The Labute approximate surface area is 93.2 Å². The molecule has 2 heteroatoms. The fourth-order valence-corrected chi connectivity index (χ4v) is 3.89. The molecule has 86 valence electrons. The van der Waals surface area contributed by atoms with E-state index in [0.717, 1.165) is 29.8 Å². The van der Waals surface area contributed by atoms with Crippen LogP contribution in [-0.4, -0.2) is 25.2 Å². The molecule has 2 N–H and O–H groups in total. The van der Waals surface area contributed by atoms with Gasteiger partial charge in [0, 0.05) is 18.6 Å². The van der Waals surface area contributed by atoms with Crippen molar-refractivity contribution in [1.29, 1.82) is 0 Å². The summed E-state index contributed by atoms with van der Waals surface area (Å²) >= 11 is 0. The Balaban J connectivity index is 1.43. The van der Waals surface area contributed by atoms with Gasteiger partial charge in [-0.25, -0.2) is 0 Å². The Kier molecular flexibility index (Phi) is 2.73. The summed E-state index contributed by atoms with van der Waals surface area (Å²) in [5.41, 5.74) is 0. The lowest BCUT2D eigenvalue weighted by Gasteiger charge is -2.35. The molecular weight excluding hydrogens is 184 g/mol. The predicted octanol–water partition coefficient (Wildman–Crippen LogP) is 1.76. The lowest BCUT2D eigenvalue weighted by molar-refractivity contribution is 0.230. The van der Waals surface area contributed by atoms with E-state index in [-0.39, 0.29) is 0 Å². The maximum absolute atomic E-state index is 3.74. The maximum atomic E-state index is 3.74. The highest BCUT2D eigenvalue weighted by molar-refractivity contribution is 4.96. The molecule has 15 heavy (non-hydrogen) atoms. The topological polar surface area (TPSA) is 24.1 Å². The van der Waals surface area contributed by atoms with Crippen LogP contribution in [0.25, 0.3) is 0 Å². The third-order valence-corrected chi connectivity index (χ3v) is 4.88. The summed E-state index contributed by atoms with van der Waals surface area (Å²) in [5, 5.41) is 7.45. The molecule has 2 aliphatic carbocycles. The van der Waals surface area contributed by atoms with E-state index in [1.165, 1.54) is 45.2 Å². The average molecular weight is 208 g/mol. The highest BCUT2D eigenvalue weighted by Crippen LogP contribution is 2.37. The Morgan fingerprint density at radius 2 is 2.13 bits per heavy atom. The zero-order chi connectivity index (χ0) is 10.3. The summed E-state index contributed by atoms with van der Waals surface area (Å²) in [5.74, 6) is 2.98. The van der Waals surface area contributed by atoms with Crippen LogP contribution in [0.1, 0.15) is 39.0 Å². The van der Waals surface area contributed by atoms with E-state index < -0.39 is 0 Å². The van der Waals surface area contributed by atoms with E-state index in [2.05, 4.69) is 17.6 Å². The summed E-state index contributed by atoms with van der Waals surface area (Å²) in [6.45, 7) is 4.87. The minimum atomic E-state index is 0.786. The van der Waals surface area contributed by atoms with Gasteiger partial charge in [0.25, 0.3) is 0 Å². The van der Waals surface area contributed by atoms with Crippen LogP contribution in [0, 0.1) is 17.8 Å². The van der Waals surface area contributed by atoms with Gasteiger partial charge in [0.2, 0.25) is 0 Å². The molecule has 3 atom stereocenters. The van der Waals surface area contributed by atoms with E-state index in [4.69, 9.17) is 0 Å². The van der Waals surface area contributed by atoms with Crippen molar-refractivity contribution in [1.82, 2.24) is 10.6 Å². The van der Waals surface area contributed by atoms with Crippen molar-refractivity contribution in [3.05, 3.63) is 0 Å². The monoisotopic (exact) mass is 208 g/mol. The molecule has 3 fully saturated rings. The summed E-state index contributed by atoms with van der Waals surface area (Å²) in [6, 6.07) is 1.62. The first kappa shape index (κ1) is 10.1. The lowest BCUT2D eigenvalue weighted by atomic mass is 9.81. The van der Waals surface area contributed by atoms with Crippen molar-refractivity contribution < 1.29 is 0 Å². The first-order valence-corrected chi connectivity index (χ1v) is 6.79. The SMILES string of the molecule is CC1CC(NCC2NCC3CCCC32)C1. The molecule has 0 spiro atoms. The van der Waals surface area contributed by atoms with Crippen molar-refractivity contribution in [3.8, 4) is 0 Å². The van der Waals surface area contributed by atoms with Crippen LogP contribution in [0.2, 0.25) is 0 Å². The van der Waals surface area contributed by atoms with Gasteiger partial charge in [0.1, 0.15) is 0 Å². The van der Waals surface area contributed by atoms with Gasteiger partial charge in [0.15, 0.2) is 0 Å². The number of hydrogen-bond acceptors (Lipinski definition) is 2. The lowest BCUT2D eigenvalue weighted by Crippen LogP contribution is -2.46. The molecule has 1 heterocycles. The van der Waals surface area contributed by atoms with Crippen LogP contribution >= 0.6 is 0 Å². The molecule has 0 aromatic heterocycles. The minimum absolute atomic E-state index is 0.786. The van der Waals surface area contributed by atoms with Gasteiger partial charge < -0.3 is 10.6 Å². The second kappa shape index (κ2) is 4.06.